The molecular weight excluding hydrogens is 252 g/mol. The fraction of sp³-hybridized carbons (Fsp3) is 0.812. The molecule has 1 unspecified atom stereocenters. The van der Waals surface area contributed by atoms with E-state index in [1.807, 2.05) is 6.08 Å². The van der Waals surface area contributed by atoms with Gasteiger partial charge in [-0.2, -0.15) is 0 Å². The van der Waals surface area contributed by atoms with E-state index in [9.17, 15) is 4.79 Å². The Morgan fingerprint density at radius 3 is 2.63 bits per heavy atom. The highest BCUT2D eigenvalue weighted by molar-refractivity contribution is 6.74. The highest BCUT2D eigenvalue weighted by Gasteiger charge is 2.51. The molecule has 2 rings (SSSR count). The van der Waals surface area contributed by atoms with Crippen LogP contribution < -0.4 is 0 Å². The van der Waals surface area contributed by atoms with Crippen LogP contribution in [-0.4, -0.2) is 19.7 Å². The predicted octanol–water partition coefficient (Wildman–Crippen LogP) is 4.47. The maximum Gasteiger partial charge on any atom is 0.192 e. The van der Waals surface area contributed by atoms with Gasteiger partial charge >= 0.3 is 0 Å². The molecule has 2 aliphatic carbocycles. The number of allylic oxidation sites excluding steroid dienone is 1. The molecule has 1 fully saturated rings. The summed E-state index contributed by atoms with van der Waals surface area (Å²) in [5, 5.41) is 0.202. The van der Waals surface area contributed by atoms with Crippen LogP contribution in [0.3, 0.4) is 0 Å². The second-order valence-corrected chi connectivity index (χ2v) is 12.5. The SMILES string of the molecule is CC(C)(C)[Si](C)(C)OC12CC=CC(=O)[C@H]1CCCC2. The van der Waals surface area contributed by atoms with Crippen LogP contribution in [0.15, 0.2) is 12.2 Å². The highest BCUT2D eigenvalue weighted by Crippen LogP contribution is 2.48. The fourth-order valence-electron chi connectivity index (χ4n) is 3.17. The van der Waals surface area contributed by atoms with Crippen molar-refractivity contribution in [3.63, 3.8) is 0 Å². The van der Waals surface area contributed by atoms with Crippen LogP contribution in [0.2, 0.25) is 18.1 Å². The molecule has 0 radical (unpaired) electrons. The molecule has 0 heterocycles. The van der Waals surface area contributed by atoms with Gasteiger partial charge in [0.2, 0.25) is 0 Å². The van der Waals surface area contributed by atoms with E-state index >= 15 is 0 Å². The number of carbonyl (C=O) groups is 1. The molecule has 19 heavy (non-hydrogen) atoms. The Kier molecular flexibility index (Phi) is 3.82. The molecule has 2 atom stereocenters. The molecule has 0 N–H and O–H groups in total. The van der Waals surface area contributed by atoms with Gasteiger partial charge in [0.25, 0.3) is 0 Å². The third-order valence-corrected chi connectivity index (χ3v) is 9.86. The maximum absolute atomic E-state index is 12.2. The molecule has 0 aromatic rings. The van der Waals surface area contributed by atoms with E-state index in [0.29, 0.717) is 5.78 Å². The van der Waals surface area contributed by atoms with Crippen LogP contribution in [0.5, 0.6) is 0 Å². The minimum atomic E-state index is -1.83. The first kappa shape index (κ1) is 15.0. The molecule has 0 saturated heterocycles. The molecule has 108 valence electrons. The first-order valence-electron chi connectivity index (χ1n) is 7.59. The van der Waals surface area contributed by atoms with Crippen LogP contribution in [0.1, 0.15) is 52.9 Å². The van der Waals surface area contributed by atoms with Crippen LogP contribution >= 0.6 is 0 Å². The Hall–Kier alpha value is -0.413. The summed E-state index contributed by atoms with van der Waals surface area (Å²) >= 11 is 0. The summed E-state index contributed by atoms with van der Waals surface area (Å²) in [6.07, 6.45) is 9.19. The van der Waals surface area contributed by atoms with Crippen molar-refractivity contribution in [2.45, 2.75) is 76.6 Å². The zero-order valence-corrected chi connectivity index (χ0v) is 14.1. The third-order valence-electron chi connectivity index (χ3n) is 5.33. The number of carbonyl (C=O) groups excluding carboxylic acids is 1. The van der Waals surface area contributed by atoms with Gasteiger partial charge in [0.15, 0.2) is 14.1 Å². The van der Waals surface area contributed by atoms with Gasteiger partial charge in [-0.1, -0.05) is 39.7 Å². The van der Waals surface area contributed by atoms with Gasteiger partial charge in [-0.15, -0.1) is 0 Å². The van der Waals surface area contributed by atoms with Crippen molar-refractivity contribution in [2.24, 2.45) is 5.92 Å². The van der Waals surface area contributed by atoms with Gasteiger partial charge in [0.05, 0.1) is 5.60 Å². The first-order chi connectivity index (χ1) is 8.68. The Morgan fingerprint density at radius 2 is 2.00 bits per heavy atom. The summed E-state index contributed by atoms with van der Waals surface area (Å²) in [6.45, 7) is 11.4. The molecule has 2 aliphatic rings. The Bertz CT molecular complexity index is 392. The quantitative estimate of drug-likeness (QED) is 0.698. The molecule has 0 amide bonds. The Labute approximate surface area is 118 Å². The molecule has 0 spiro atoms. The van der Waals surface area contributed by atoms with Crippen molar-refractivity contribution in [1.82, 2.24) is 0 Å². The number of hydrogen-bond donors (Lipinski definition) is 0. The van der Waals surface area contributed by atoms with Gasteiger partial charge in [0.1, 0.15) is 0 Å². The smallest absolute Gasteiger partial charge is 0.192 e. The van der Waals surface area contributed by atoms with Crippen molar-refractivity contribution in [3.8, 4) is 0 Å². The lowest BCUT2D eigenvalue weighted by atomic mass is 9.69. The molecule has 0 aromatic carbocycles. The lowest BCUT2D eigenvalue weighted by Crippen LogP contribution is -2.56. The van der Waals surface area contributed by atoms with Gasteiger partial charge in [0, 0.05) is 5.92 Å². The van der Waals surface area contributed by atoms with Crippen LogP contribution in [0, 0.1) is 5.92 Å². The van der Waals surface area contributed by atoms with E-state index in [2.05, 4.69) is 33.9 Å². The summed E-state index contributed by atoms with van der Waals surface area (Å²) in [7, 11) is -1.83. The van der Waals surface area contributed by atoms with Crippen molar-refractivity contribution < 1.29 is 9.22 Å². The summed E-state index contributed by atoms with van der Waals surface area (Å²) in [5.74, 6) is 0.407. The minimum Gasteiger partial charge on any atom is -0.410 e. The summed E-state index contributed by atoms with van der Waals surface area (Å²) in [4.78, 5) is 12.2. The van der Waals surface area contributed by atoms with Crippen molar-refractivity contribution in [2.75, 3.05) is 0 Å². The molecule has 0 aliphatic heterocycles. The Balaban J connectivity index is 2.29. The van der Waals surface area contributed by atoms with Crippen LogP contribution in [0.25, 0.3) is 0 Å². The van der Waals surface area contributed by atoms with E-state index < -0.39 is 8.32 Å². The average Bonchev–Trinajstić information content (AvgIpc) is 2.27. The molecule has 2 nitrogen and oxygen atoms in total. The number of hydrogen-bond acceptors (Lipinski definition) is 2. The second-order valence-electron chi connectivity index (χ2n) is 7.73. The number of ketones is 1. The number of rotatable bonds is 2. The van der Waals surface area contributed by atoms with Crippen molar-refractivity contribution in [3.05, 3.63) is 12.2 Å². The normalized spacial score (nSPS) is 32.3. The summed E-state index contributed by atoms with van der Waals surface area (Å²) < 4.78 is 6.77. The van der Waals surface area contributed by atoms with Crippen molar-refractivity contribution >= 4 is 14.1 Å². The molecule has 1 saturated carbocycles. The molecular formula is C16H28O2Si. The van der Waals surface area contributed by atoms with E-state index in [1.54, 1.807) is 6.08 Å². The van der Waals surface area contributed by atoms with Crippen LogP contribution in [-0.2, 0) is 9.22 Å². The lowest BCUT2D eigenvalue weighted by molar-refractivity contribution is -0.131. The summed E-state index contributed by atoms with van der Waals surface area (Å²) in [5.41, 5.74) is -0.187. The van der Waals surface area contributed by atoms with Crippen molar-refractivity contribution in [1.29, 1.82) is 0 Å². The minimum absolute atomic E-state index is 0.111. The standard InChI is InChI=1S/C16H28O2Si/c1-15(2,3)19(4,5)18-16-11-7-6-9-13(16)14(17)10-8-12-16/h8,10,13H,6-7,9,11-12H2,1-5H3/t13-,16?/m1/s1. The second kappa shape index (κ2) is 4.85. The molecule has 3 heteroatoms. The van der Waals surface area contributed by atoms with Gasteiger partial charge in [-0.3, -0.25) is 4.79 Å². The Morgan fingerprint density at radius 1 is 1.32 bits per heavy atom. The zero-order valence-electron chi connectivity index (χ0n) is 13.1. The molecule has 0 aromatic heterocycles. The van der Waals surface area contributed by atoms with E-state index in [4.69, 9.17) is 4.43 Å². The fourth-order valence-corrected chi connectivity index (χ4v) is 4.82. The number of fused-ring (bicyclic) bond motifs is 1. The topological polar surface area (TPSA) is 26.3 Å². The third kappa shape index (κ3) is 2.73. The van der Waals surface area contributed by atoms with Gasteiger partial charge in [-0.25, -0.2) is 0 Å². The van der Waals surface area contributed by atoms with E-state index in [1.165, 1.54) is 12.8 Å². The van der Waals surface area contributed by atoms with E-state index in [-0.39, 0.29) is 16.6 Å². The first-order valence-corrected chi connectivity index (χ1v) is 10.5. The lowest BCUT2D eigenvalue weighted by Gasteiger charge is -2.51. The monoisotopic (exact) mass is 280 g/mol. The van der Waals surface area contributed by atoms with Crippen LogP contribution in [0.4, 0.5) is 0 Å². The largest absolute Gasteiger partial charge is 0.410 e. The van der Waals surface area contributed by atoms with Gasteiger partial charge < -0.3 is 4.43 Å². The zero-order chi connectivity index (χ0) is 14.3. The maximum atomic E-state index is 12.2. The van der Waals surface area contributed by atoms with Gasteiger partial charge in [-0.05, 0) is 43.5 Å². The van der Waals surface area contributed by atoms with E-state index in [0.717, 1.165) is 19.3 Å². The predicted molar refractivity (Wildman–Crippen MR) is 81.7 cm³/mol. The summed E-state index contributed by atoms with van der Waals surface area (Å²) in [6, 6.07) is 0. The highest BCUT2D eigenvalue weighted by atomic mass is 28.4. The average molecular weight is 280 g/mol. The molecule has 0 bridgehead atoms.